The summed E-state index contributed by atoms with van der Waals surface area (Å²) in [6, 6.07) is 2.75. The summed E-state index contributed by atoms with van der Waals surface area (Å²) in [5, 5.41) is 10.5. The van der Waals surface area contributed by atoms with Crippen LogP contribution in [0.15, 0.2) is 12.1 Å². The largest absolute Gasteiger partial charge is 0.469 e. The van der Waals surface area contributed by atoms with Crippen molar-refractivity contribution in [2.75, 3.05) is 20.2 Å². The summed E-state index contributed by atoms with van der Waals surface area (Å²) in [6.45, 7) is 0.765. The molecule has 1 saturated heterocycles. The van der Waals surface area contributed by atoms with Gasteiger partial charge in [-0.05, 0) is 12.5 Å². The Balaban J connectivity index is 2.04. The summed E-state index contributed by atoms with van der Waals surface area (Å²) in [5.74, 6) is -0.902. The van der Waals surface area contributed by atoms with E-state index in [0.717, 1.165) is 11.3 Å². The number of thiophene rings is 1. The molecule has 0 aromatic carbocycles. The number of ether oxygens (including phenoxy) is 1. The molecule has 0 N–H and O–H groups in total. The quantitative estimate of drug-likeness (QED) is 0.474. The second-order valence-electron chi connectivity index (χ2n) is 4.15. The maximum atomic E-state index is 12.1. The molecule has 2 heterocycles. The van der Waals surface area contributed by atoms with E-state index in [1.54, 1.807) is 0 Å². The first-order chi connectivity index (χ1) is 9.02. The van der Waals surface area contributed by atoms with E-state index in [2.05, 4.69) is 4.74 Å². The predicted molar refractivity (Wildman–Crippen MR) is 67.0 cm³/mol. The Hall–Kier alpha value is -1.96. The summed E-state index contributed by atoms with van der Waals surface area (Å²) < 4.78 is 4.64. The number of nitrogens with zero attached hydrogens (tertiary/aromatic N) is 2. The van der Waals surface area contributed by atoms with Gasteiger partial charge in [0, 0.05) is 19.2 Å². The molecule has 1 unspecified atom stereocenters. The number of carbonyl (C=O) groups excluding carboxylic acids is 2. The van der Waals surface area contributed by atoms with Gasteiger partial charge in [-0.3, -0.25) is 19.7 Å². The van der Waals surface area contributed by atoms with E-state index in [9.17, 15) is 19.7 Å². The zero-order valence-corrected chi connectivity index (χ0v) is 11.0. The number of rotatable bonds is 3. The van der Waals surface area contributed by atoms with E-state index in [-0.39, 0.29) is 22.8 Å². The first-order valence-corrected chi connectivity index (χ1v) is 6.46. The third-order valence-electron chi connectivity index (χ3n) is 2.99. The van der Waals surface area contributed by atoms with E-state index in [1.807, 2.05) is 0 Å². The van der Waals surface area contributed by atoms with Crippen LogP contribution in [0.1, 0.15) is 16.1 Å². The minimum absolute atomic E-state index is 0.0629. The lowest BCUT2D eigenvalue weighted by molar-refractivity contribution is -0.380. The summed E-state index contributed by atoms with van der Waals surface area (Å²) >= 11 is 0.845. The summed E-state index contributed by atoms with van der Waals surface area (Å²) in [6.07, 6.45) is 0.561. The van der Waals surface area contributed by atoms with Gasteiger partial charge in [-0.25, -0.2) is 0 Å². The van der Waals surface area contributed by atoms with E-state index < -0.39 is 4.92 Å². The lowest BCUT2D eigenvalue weighted by atomic mass is 10.1. The Morgan fingerprint density at radius 2 is 2.26 bits per heavy atom. The fourth-order valence-corrected chi connectivity index (χ4v) is 2.79. The zero-order valence-electron chi connectivity index (χ0n) is 10.2. The molecule has 1 atom stereocenters. The number of carbonyl (C=O) groups is 2. The molecule has 1 aliphatic heterocycles. The third kappa shape index (κ3) is 2.73. The number of hydrogen-bond donors (Lipinski definition) is 0. The molecule has 8 heteroatoms. The molecule has 0 aliphatic carbocycles. The normalized spacial score (nSPS) is 18.4. The summed E-state index contributed by atoms with van der Waals surface area (Å²) in [5.41, 5.74) is 0. The minimum Gasteiger partial charge on any atom is -0.469 e. The third-order valence-corrected chi connectivity index (χ3v) is 4.02. The maximum Gasteiger partial charge on any atom is 0.324 e. The van der Waals surface area contributed by atoms with Crippen LogP contribution < -0.4 is 0 Å². The number of amides is 1. The number of likely N-dealkylation sites (tertiary alicyclic amines) is 1. The van der Waals surface area contributed by atoms with Crippen LogP contribution in [-0.2, 0) is 9.53 Å². The van der Waals surface area contributed by atoms with Gasteiger partial charge in [0.25, 0.3) is 5.91 Å². The van der Waals surface area contributed by atoms with Crippen molar-refractivity contribution >= 4 is 28.2 Å². The first-order valence-electron chi connectivity index (χ1n) is 5.64. The fourth-order valence-electron chi connectivity index (χ4n) is 2.00. The van der Waals surface area contributed by atoms with Crippen LogP contribution in [0, 0.1) is 16.0 Å². The highest BCUT2D eigenvalue weighted by Crippen LogP contribution is 2.27. The van der Waals surface area contributed by atoms with Crippen molar-refractivity contribution in [3.05, 3.63) is 27.1 Å². The maximum absolute atomic E-state index is 12.1. The predicted octanol–water partition coefficient (Wildman–Crippen LogP) is 1.29. The van der Waals surface area contributed by atoms with Crippen molar-refractivity contribution in [1.29, 1.82) is 0 Å². The fraction of sp³-hybridized carbons (Fsp3) is 0.455. The van der Waals surface area contributed by atoms with Gasteiger partial charge in [-0.2, -0.15) is 0 Å². The van der Waals surface area contributed by atoms with Crippen LogP contribution >= 0.6 is 11.3 Å². The van der Waals surface area contributed by atoms with Gasteiger partial charge in [-0.15, -0.1) is 0 Å². The van der Waals surface area contributed by atoms with E-state index in [0.29, 0.717) is 24.4 Å². The van der Waals surface area contributed by atoms with E-state index in [1.165, 1.54) is 24.1 Å². The van der Waals surface area contributed by atoms with Gasteiger partial charge in [0.2, 0.25) is 0 Å². The Morgan fingerprint density at radius 1 is 1.53 bits per heavy atom. The van der Waals surface area contributed by atoms with Gasteiger partial charge in [0.15, 0.2) is 0 Å². The molecule has 102 valence electrons. The number of hydrogen-bond acceptors (Lipinski definition) is 6. The highest BCUT2D eigenvalue weighted by atomic mass is 32.1. The molecule has 2 rings (SSSR count). The highest BCUT2D eigenvalue weighted by molar-refractivity contribution is 7.17. The Labute approximate surface area is 112 Å². The standard InChI is InChI=1S/C11H12N2O5S/c1-18-11(15)7-4-5-12(6-7)10(14)8-2-3-9(19-8)13(16)17/h2-3,7H,4-6H2,1H3. The second-order valence-corrected chi connectivity index (χ2v) is 5.22. The zero-order chi connectivity index (χ0) is 14.0. The molecule has 1 aliphatic rings. The molecule has 0 bridgehead atoms. The molecule has 0 radical (unpaired) electrons. The van der Waals surface area contributed by atoms with Crippen molar-refractivity contribution < 1.29 is 19.2 Å². The average molecular weight is 284 g/mol. The average Bonchev–Trinajstić information content (AvgIpc) is 3.05. The summed E-state index contributed by atoms with van der Waals surface area (Å²) in [4.78, 5) is 35.4. The van der Waals surface area contributed by atoms with Crippen molar-refractivity contribution in [1.82, 2.24) is 4.90 Å². The molecule has 0 spiro atoms. The van der Waals surface area contributed by atoms with Crippen molar-refractivity contribution in [3.63, 3.8) is 0 Å². The van der Waals surface area contributed by atoms with Crippen LogP contribution in [0.3, 0.4) is 0 Å². The summed E-state index contributed by atoms with van der Waals surface area (Å²) in [7, 11) is 1.31. The topological polar surface area (TPSA) is 89.8 Å². The molecule has 0 saturated carbocycles. The van der Waals surface area contributed by atoms with E-state index >= 15 is 0 Å². The molecule has 1 aromatic rings. The van der Waals surface area contributed by atoms with Crippen LogP contribution in [0.5, 0.6) is 0 Å². The van der Waals surface area contributed by atoms with Gasteiger partial charge in [0.1, 0.15) is 0 Å². The van der Waals surface area contributed by atoms with Crippen LogP contribution in [0.2, 0.25) is 0 Å². The molecular formula is C11H12N2O5S. The number of methoxy groups -OCH3 is 1. The molecular weight excluding hydrogens is 272 g/mol. The van der Waals surface area contributed by atoms with Gasteiger partial charge in [-0.1, -0.05) is 11.3 Å². The Kier molecular flexibility index (Phi) is 3.79. The van der Waals surface area contributed by atoms with Gasteiger partial charge >= 0.3 is 11.0 Å². The number of esters is 1. The number of nitro groups is 1. The minimum atomic E-state index is -0.525. The Bertz CT molecular complexity index is 527. The van der Waals surface area contributed by atoms with E-state index in [4.69, 9.17) is 0 Å². The van der Waals surface area contributed by atoms with Crippen LogP contribution in [0.25, 0.3) is 0 Å². The smallest absolute Gasteiger partial charge is 0.324 e. The SMILES string of the molecule is COC(=O)C1CCN(C(=O)c2ccc([N+](=O)[O-])s2)C1. The van der Waals surface area contributed by atoms with Crippen molar-refractivity contribution in [2.45, 2.75) is 6.42 Å². The van der Waals surface area contributed by atoms with Crippen LogP contribution in [0.4, 0.5) is 5.00 Å². The molecule has 1 aromatic heterocycles. The van der Waals surface area contributed by atoms with Gasteiger partial charge in [0.05, 0.1) is 22.8 Å². The second kappa shape index (κ2) is 5.35. The Morgan fingerprint density at radius 3 is 2.84 bits per heavy atom. The van der Waals surface area contributed by atoms with Crippen LogP contribution in [-0.4, -0.2) is 41.9 Å². The highest BCUT2D eigenvalue weighted by Gasteiger charge is 2.33. The monoisotopic (exact) mass is 284 g/mol. The molecule has 19 heavy (non-hydrogen) atoms. The molecule has 1 fully saturated rings. The van der Waals surface area contributed by atoms with Crippen molar-refractivity contribution in [3.8, 4) is 0 Å². The van der Waals surface area contributed by atoms with Gasteiger partial charge < -0.3 is 9.64 Å². The lowest BCUT2D eigenvalue weighted by Crippen LogP contribution is -2.29. The lowest BCUT2D eigenvalue weighted by Gasteiger charge is -2.14. The molecule has 1 amide bonds. The first kappa shape index (κ1) is 13.5. The van der Waals surface area contributed by atoms with Crippen molar-refractivity contribution in [2.24, 2.45) is 5.92 Å². The molecule has 7 nitrogen and oxygen atoms in total.